The third kappa shape index (κ3) is 2.41. The maximum Gasteiger partial charge on any atom is 0.273 e. The minimum absolute atomic E-state index is 0.292. The van der Waals surface area contributed by atoms with Gasteiger partial charge >= 0.3 is 0 Å². The standard InChI is InChI=1S/C9H8BrClN4O2S/c1-15-8(13-14-9(15)18(12,16)17)6-3-2-5(11)4-7(6)10/h2-4H,1H3,(H2,12,16,17). The molecule has 0 amide bonds. The summed E-state index contributed by atoms with van der Waals surface area (Å²) in [5, 5.41) is 12.7. The Morgan fingerprint density at radius 1 is 1.39 bits per heavy atom. The number of aromatic nitrogens is 3. The van der Waals surface area contributed by atoms with Crippen molar-refractivity contribution in [2.24, 2.45) is 12.2 Å². The molecule has 0 spiro atoms. The van der Waals surface area contributed by atoms with E-state index in [4.69, 9.17) is 16.7 Å². The average Bonchev–Trinajstić information content (AvgIpc) is 2.60. The van der Waals surface area contributed by atoms with Crippen LogP contribution in [0.25, 0.3) is 11.4 Å². The zero-order chi connectivity index (χ0) is 13.5. The van der Waals surface area contributed by atoms with Crippen molar-refractivity contribution in [2.75, 3.05) is 0 Å². The van der Waals surface area contributed by atoms with Gasteiger partial charge in [-0.3, -0.25) is 4.57 Å². The fourth-order valence-corrected chi connectivity index (χ4v) is 2.95. The van der Waals surface area contributed by atoms with Gasteiger partial charge in [0.1, 0.15) is 0 Å². The monoisotopic (exact) mass is 350 g/mol. The second kappa shape index (κ2) is 4.61. The summed E-state index contributed by atoms with van der Waals surface area (Å²) >= 11 is 9.16. The molecule has 0 aliphatic carbocycles. The molecule has 0 atom stereocenters. The highest BCUT2D eigenvalue weighted by Crippen LogP contribution is 2.29. The minimum Gasteiger partial charge on any atom is -0.300 e. The van der Waals surface area contributed by atoms with Gasteiger partial charge in [0.15, 0.2) is 5.82 Å². The van der Waals surface area contributed by atoms with E-state index in [0.717, 1.165) is 0 Å². The first-order valence-electron chi connectivity index (χ1n) is 4.68. The van der Waals surface area contributed by atoms with Crippen LogP contribution < -0.4 is 5.14 Å². The van der Waals surface area contributed by atoms with Gasteiger partial charge in [0.2, 0.25) is 0 Å². The van der Waals surface area contributed by atoms with E-state index < -0.39 is 10.0 Å². The largest absolute Gasteiger partial charge is 0.300 e. The summed E-state index contributed by atoms with van der Waals surface area (Å²) < 4.78 is 24.5. The normalized spacial score (nSPS) is 11.8. The van der Waals surface area contributed by atoms with Crippen molar-refractivity contribution in [3.8, 4) is 11.4 Å². The number of halogens is 2. The average molecular weight is 352 g/mol. The van der Waals surface area contributed by atoms with E-state index in [2.05, 4.69) is 26.1 Å². The molecular formula is C9H8BrClN4O2S. The Hall–Kier alpha value is -0.960. The van der Waals surface area contributed by atoms with Crippen LogP contribution in [-0.4, -0.2) is 23.2 Å². The van der Waals surface area contributed by atoms with Crippen molar-refractivity contribution in [1.82, 2.24) is 14.8 Å². The summed E-state index contributed by atoms with van der Waals surface area (Å²) in [6.45, 7) is 0. The van der Waals surface area contributed by atoms with Crippen LogP contribution in [0.3, 0.4) is 0 Å². The number of benzene rings is 1. The Kier molecular flexibility index (Phi) is 3.45. The molecular weight excluding hydrogens is 344 g/mol. The molecule has 2 N–H and O–H groups in total. The maximum atomic E-state index is 11.3. The van der Waals surface area contributed by atoms with E-state index >= 15 is 0 Å². The van der Waals surface area contributed by atoms with E-state index in [0.29, 0.717) is 20.9 Å². The topological polar surface area (TPSA) is 90.9 Å². The number of primary sulfonamides is 1. The summed E-state index contributed by atoms with van der Waals surface area (Å²) in [7, 11) is -2.37. The van der Waals surface area contributed by atoms with E-state index in [-0.39, 0.29) is 5.16 Å². The van der Waals surface area contributed by atoms with Gasteiger partial charge in [0, 0.05) is 22.1 Å². The molecule has 6 nitrogen and oxygen atoms in total. The fourth-order valence-electron chi connectivity index (χ4n) is 1.47. The van der Waals surface area contributed by atoms with Crippen molar-refractivity contribution in [2.45, 2.75) is 5.16 Å². The highest BCUT2D eigenvalue weighted by molar-refractivity contribution is 9.10. The van der Waals surface area contributed by atoms with Crippen LogP contribution in [0.1, 0.15) is 0 Å². The van der Waals surface area contributed by atoms with Gasteiger partial charge in [0.05, 0.1) is 0 Å². The lowest BCUT2D eigenvalue weighted by molar-refractivity contribution is 0.580. The van der Waals surface area contributed by atoms with Crippen LogP contribution in [0.15, 0.2) is 27.8 Å². The second-order valence-electron chi connectivity index (χ2n) is 3.53. The molecule has 0 unspecified atom stereocenters. The first-order chi connectivity index (χ1) is 8.30. The Morgan fingerprint density at radius 2 is 2.06 bits per heavy atom. The van der Waals surface area contributed by atoms with Crippen LogP contribution in [0.5, 0.6) is 0 Å². The van der Waals surface area contributed by atoms with Crippen molar-refractivity contribution in [1.29, 1.82) is 0 Å². The van der Waals surface area contributed by atoms with Crippen LogP contribution in [-0.2, 0) is 17.1 Å². The van der Waals surface area contributed by atoms with Gasteiger partial charge in [-0.15, -0.1) is 10.2 Å². The fraction of sp³-hybridized carbons (Fsp3) is 0.111. The Balaban J connectivity index is 2.63. The molecule has 0 bridgehead atoms. The van der Waals surface area contributed by atoms with E-state index in [1.54, 1.807) is 18.2 Å². The van der Waals surface area contributed by atoms with Crippen molar-refractivity contribution in [3.05, 3.63) is 27.7 Å². The van der Waals surface area contributed by atoms with Gasteiger partial charge < -0.3 is 0 Å². The Bertz CT molecular complexity index is 713. The minimum atomic E-state index is -3.89. The molecule has 18 heavy (non-hydrogen) atoms. The number of sulfonamides is 1. The van der Waals surface area contributed by atoms with Gasteiger partial charge in [-0.2, -0.15) is 0 Å². The molecule has 0 saturated heterocycles. The van der Waals surface area contributed by atoms with Gasteiger partial charge in [0.25, 0.3) is 15.2 Å². The highest BCUT2D eigenvalue weighted by atomic mass is 79.9. The molecule has 1 heterocycles. The van der Waals surface area contributed by atoms with Gasteiger partial charge in [-0.05, 0) is 34.1 Å². The van der Waals surface area contributed by atoms with Crippen LogP contribution in [0.4, 0.5) is 0 Å². The molecule has 96 valence electrons. The molecule has 0 aliphatic rings. The summed E-state index contributed by atoms with van der Waals surface area (Å²) in [6, 6.07) is 5.07. The smallest absolute Gasteiger partial charge is 0.273 e. The van der Waals surface area contributed by atoms with Crippen molar-refractivity contribution in [3.63, 3.8) is 0 Å². The zero-order valence-electron chi connectivity index (χ0n) is 9.13. The maximum absolute atomic E-state index is 11.3. The van der Waals surface area contributed by atoms with E-state index in [1.165, 1.54) is 11.6 Å². The van der Waals surface area contributed by atoms with Crippen molar-refractivity contribution < 1.29 is 8.42 Å². The summed E-state index contributed by atoms with van der Waals surface area (Å²) in [6.07, 6.45) is 0. The number of rotatable bonds is 2. The molecule has 1 aromatic carbocycles. The van der Waals surface area contributed by atoms with Crippen molar-refractivity contribution >= 4 is 37.6 Å². The third-order valence-corrected chi connectivity index (χ3v) is 4.02. The molecule has 0 fully saturated rings. The highest BCUT2D eigenvalue weighted by Gasteiger charge is 2.20. The Labute approximate surface area is 117 Å². The van der Waals surface area contributed by atoms with E-state index in [1.807, 2.05) is 0 Å². The predicted molar refractivity (Wildman–Crippen MR) is 70.5 cm³/mol. The number of nitrogens with zero attached hydrogens (tertiary/aromatic N) is 3. The first-order valence-corrected chi connectivity index (χ1v) is 7.40. The van der Waals surface area contributed by atoms with E-state index in [9.17, 15) is 8.42 Å². The molecule has 0 radical (unpaired) electrons. The van der Waals surface area contributed by atoms with Crippen LogP contribution in [0.2, 0.25) is 5.02 Å². The molecule has 0 saturated carbocycles. The number of hydrogen-bond donors (Lipinski definition) is 1. The summed E-state index contributed by atoms with van der Waals surface area (Å²) in [5.74, 6) is 0.377. The predicted octanol–water partition coefficient (Wildman–Crippen LogP) is 1.55. The lowest BCUT2D eigenvalue weighted by Gasteiger charge is -2.05. The quantitative estimate of drug-likeness (QED) is 0.888. The molecule has 9 heteroatoms. The SMILES string of the molecule is Cn1c(-c2ccc(Cl)cc2Br)nnc1S(N)(=O)=O. The van der Waals surface area contributed by atoms with Crippen LogP contribution in [0, 0.1) is 0 Å². The molecule has 2 aromatic rings. The number of hydrogen-bond acceptors (Lipinski definition) is 4. The summed E-state index contributed by atoms with van der Waals surface area (Å²) in [4.78, 5) is 0. The lowest BCUT2D eigenvalue weighted by atomic mass is 10.2. The lowest BCUT2D eigenvalue weighted by Crippen LogP contribution is -2.17. The zero-order valence-corrected chi connectivity index (χ0v) is 12.3. The van der Waals surface area contributed by atoms with Gasteiger partial charge in [-0.1, -0.05) is 11.6 Å². The third-order valence-electron chi connectivity index (χ3n) is 2.26. The molecule has 1 aromatic heterocycles. The molecule has 2 rings (SSSR count). The first kappa shape index (κ1) is 13.5. The Morgan fingerprint density at radius 3 is 2.56 bits per heavy atom. The van der Waals surface area contributed by atoms with Gasteiger partial charge in [-0.25, -0.2) is 13.6 Å². The number of nitrogens with two attached hydrogens (primary N) is 1. The second-order valence-corrected chi connectivity index (χ2v) is 6.28. The van der Waals surface area contributed by atoms with Crippen LogP contribution >= 0.6 is 27.5 Å². The molecule has 0 aliphatic heterocycles. The summed E-state index contributed by atoms with van der Waals surface area (Å²) in [5.41, 5.74) is 0.671.